The number of morpholine rings is 1. The minimum Gasteiger partial charge on any atom is -0.495 e. The number of aromatic carboxylic acids is 1. The molecule has 3 rings (SSSR count). The van der Waals surface area contributed by atoms with E-state index in [9.17, 15) is 9.90 Å². The molecule has 2 aromatic rings. The predicted molar refractivity (Wildman–Crippen MR) is 81.4 cm³/mol. The van der Waals surface area contributed by atoms with E-state index in [0.717, 1.165) is 49.3 Å². The van der Waals surface area contributed by atoms with Gasteiger partial charge in [-0.15, -0.1) is 0 Å². The first-order chi connectivity index (χ1) is 10.7. The van der Waals surface area contributed by atoms with Gasteiger partial charge in [0.05, 0.1) is 25.8 Å². The highest BCUT2D eigenvalue weighted by Gasteiger charge is 2.16. The summed E-state index contributed by atoms with van der Waals surface area (Å²) in [6, 6.07) is 5.20. The summed E-state index contributed by atoms with van der Waals surface area (Å²) in [7, 11) is 1.48. The highest BCUT2D eigenvalue weighted by Crippen LogP contribution is 2.29. The number of fused-ring (bicyclic) bond motifs is 1. The molecule has 22 heavy (non-hydrogen) atoms. The molecule has 6 heteroatoms. The third-order valence-electron chi connectivity index (χ3n) is 3.82. The van der Waals surface area contributed by atoms with E-state index in [1.807, 2.05) is 12.3 Å². The van der Waals surface area contributed by atoms with E-state index in [0.29, 0.717) is 5.75 Å². The number of hydrogen-bond acceptors (Lipinski definition) is 5. The maximum Gasteiger partial charge on any atom is 0.339 e. The molecule has 1 N–H and O–H groups in total. The number of carbonyl (C=O) groups is 1. The maximum atomic E-state index is 11.3. The van der Waals surface area contributed by atoms with Crippen LogP contribution in [0.1, 0.15) is 15.9 Å². The Morgan fingerprint density at radius 3 is 2.86 bits per heavy atom. The van der Waals surface area contributed by atoms with Crippen LogP contribution < -0.4 is 4.74 Å². The van der Waals surface area contributed by atoms with Crippen molar-refractivity contribution in [1.82, 2.24) is 9.88 Å². The summed E-state index contributed by atoms with van der Waals surface area (Å²) in [5.41, 5.74) is 1.92. The fraction of sp³-hybridized carbons (Fsp3) is 0.375. The third-order valence-corrected chi connectivity index (χ3v) is 3.82. The molecule has 0 spiro atoms. The van der Waals surface area contributed by atoms with Crippen molar-refractivity contribution < 1.29 is 19.4 Å². The molecule has 1 aliphatic heterocycles. The minimum absolute atomic E-state index is 0.153. The van der Waals surface area contributed by atoms with E-state index in [-0.39, 0.29) is 5.56 Å². The van der Waals surface area contributed by atoms with Crippen LogP contribution in [-0.2, 0) is 11.3 Å². The zero-order valence-electron chi connectivity index (χ0n) is 12.4. The monoisotopic (exact) mass is 302 g/mol. The molecule has 1 fully saturated rings. The lowest BCUT2D eigenvalue weighted by Gasteiger charge is -2.26. The standard InChI is InChI=1S/C16H18N2O4/c1-21-15-12(16(19)20)2-3-14-13(15)8-11(9-17-14)10-18-4-6-22-7-5-18/h2-3,8-9H,4-7,10H2,1H3,(H,19,20). The predicted octanol–water partition coefficient (Wildman–Crippen LogP) is 1.77. The van der Waals surface area contributed by atoms with Crippen LogP contribution in [0.25, 0.3) is 10.9 Å². The first-order valence-corrected chi connectivity index (χ1v) is 7.18. The molecule has 1 aromatic carbocycles. The Balaban J connectivity index is 1.97. The van der Waals surface area contributed by atoms with Crippen LogP contribution in [0.15, 0.2) is 24.4 Å². The van der Waals surface area contributed by atoms with E-state index in [1.165, 1.54) is 13.2 Å². The Morgan fingerprint density at radius 1 is 1.41 bits per heavy atom. The molecule has 0 saturated carbocycles. The largest absolute Gasteiger partial charge is 0.495 e. The molecule has 6 nitrogen and oxygen atoms in total. The number of carboxylic acid groups (broad SMARTS) is 1. The first kappa shape index (κ1) is 14.7. The van der Waals surface area contributed by atoms with Gasteiger partial charge >= 0.3 is 5.97 Å². The Labute approximate surface area is 128 Å². The zero-order chi connectivity index (χ0) is 15.5. The normalized spacial score (nSPS) is 15.9. The topological polar surface area (TPSA) is 71.9 Å². The van der Waals surface area contributed by atoms with Gasteiger partial charge in [0, 0.05) is 31.2 Å². The second-order valence-corrected chi connectivity index (χ2v) is 5.25. The molecular weight excluding hydrogens is 284 g/mol. The summed E-state index contributed by atoms with van der Waals surface area (Å²) >= 11 is 0. The smallest absolute Gasteiger partial charge is 0.339 e. The number of methoxy groups -OCH3 is 1. The van der Waals surface area contributed by atoms with Crippen molar-refractivity contribution >= 4 is 16.9 Å². The molecule has 0 aliphatic carbocycles. The lowest BCUT2D eigenvalue weighted by molar-refractivity contribution is 0.0341. The van der Waals surface area contributed by atoms with Crippen LogP contribution in [0.3, 0.4) is 0 Å². The highest BCUT2D eigenvalue weighted by atomic mass is 16.5. The third kappa shape index (κ3) is 2.88. The SMILES string of the molecule is COc1c(C(=O)O)ccc2ncc(CN3CCOCC3)cc12. The fourth-order valence-corrected chi connectivity index (χ4v) is 2.71. The van der Waals surface area contributed by atoms with Gasteiger partial charge in [0.15, 0.2) is 0 Å². The van der Waals surface area contributed by atoms with Crippen LogP contribution >= 0.6 is 0 Å². The second-order valence-electron chi connectivity index (χ2n) is 5.25. The van der Waals surface area contributed by atoms with Crippen molar-refractivity contribution in [3.8, 4) is 5.75 Å². The van der Waals surface area contributed by atoms with Crippen molar-refractivity contribution in [3.63, 3.8) is 0 Å². The fourth-order valence-electron chi connectivity index (χ4n) is 2.71. The lowest BCUT2D eigenvalue weighted by Crippen LogP contribution is -2.35. The molecule has 0 amide bonds. The molecule has 1 aliphatic rings. The van der Waals surface area contributed by atoms with Crippen LogP contribution in [0, 0.1) is 0 Å². The minimum atomic E-state index is -1.00. The van der Waals surface area contributed by atoms with Gasteiger partial charge in [-0.25, -0.2) is 4.79 Å². The number of carboxylic acids is 1. The molecule has 0 unspecified atom stereocenters. The number of ether oxygens (including phenoxy) is 2. The van der Waals surface area contributed by atoms with Gasteiger partial charge in [0.2, 0.25) is 0 Å². The van der Waals surface area contributed by atoms with E-state index >= 15 is 0 Å². The zero-order valence-corrected chi connectivity index (χ0v) is 12.4. The molecular formula is C16H18N2O4. The number of pyridine rings is 1. The van der Waals surface area contributed by atoms with Gasteiger partial charge in [-0.3, -0.25) is 9.88 Å². The number of hydrogen-bond donors (Lipinski definition) is 1. The average molecular weight is 302 g/mol. The lowest BCUT2D eigenvalue weighted by atomic mass is 10.1. The summed E-state index contributed by atoms with van der Waals surface area (Å²) in [5, 5.41) is 9.99. The summed E-state index contributed by atoms with van der Waals surface area (Å²) in [6.45, 7) is 4.04. The molecule has 2 heterocycles. The van der Waals surface area contributed by atoms with Gasteiger partial charge in [-0.2, -0.15) is 0 Å². The number of aromatic nitrogens is 1. The van der Waals surface area contributed by atoms with Crippen molar-refractivity contribution in [3.05, 3.63) is 35.5 Å². The highest BCUT2D eigenvalue weighted by molar-refractivity contribution is 5.99. The maximum absolute atomic E-state index is 11.3. The van der Waals surface area contributed by atoms with Crippen molar-refractivity contribution in [2.75, 3.05) is 33.4 Å². The number of nitrogens with zero attached hydrogens (tertiary/aromatic N) is 2. The van der Waals surface area contributed by atoms with Crippen molar-refractivity contribution in [2.24, 2.45) is 0 Å². The van der Waals surface area contributed by atoms with Crippen LogP contribution in [-0.4, -0.2) is 54.4 Å². The summed E-state index contributed by atoms with van der Waals surface area (Å²) in [5.74, 6) is -0.640. The van der Waals surface area contributed by atoms with Crippen LogP contribution in [0.2, 0.25) is 0 Å². The summed E-state index contributed by atoms with van der Waals surface area (Å²) in [4.78, 5) is 18.0. The molecule has 0 atom stereocenters. The number of benzene rings is 1. The van der Waals surface area contributed by atoms with E-state index in [4.69, 9.17) is 9.47 Å². The Morgan fingerprint density at radius 2 is 2.18 bits per heavy atom. The molecule has 116 valence electrons. The molecule has 0 bridgehead atoms. The molecule has 1 saturated heterocycles. The summed E-state index contributed by atoms with van der Waals surface area (Å²) < 4.78 is 10.7. The van der Waals surface area contributed by atoms with E-state index in [1.54, 1.807) is 6.07 Å². The van der Waals surface area contributed by atoms with Gasteiger partial charge in [0.1, 0.15) is 11.3 Å². The van der Waals surface area contributed by atoms with Gasteiger partial charge in [-0.1, -0.05) is 0 Å². The van der Waals surface area contributed by atoms with Gasteiger partial charge in [-0.05, 0) is 23.8 Å². The Kier molecular flexibility index (Phi) is 4.22. The Bertz CT molecular complexity index is 696. The van der Waals surface area contributed by atoms with Crippen LogP contribution in [0.5, 0.6) is 5.75 Å². The summed E-state index contributed by atoms with van der Waals surface area (Å²) in [6.07, 6.45) is 1.83. The van der Waals surface area contributed by atoms with E-state index in [2.05, 4.69) is 9.88 Å². The second kappa shape index (κ2) is 6.29. The molecule has 0 radical (unpaired) electrons. The van der Waals surface area contributed by atoms with Gasteiger partial charge in [0.25, 0.3) is 0 Å². The van der Waals surface area contributed by atoms with Crippen LogP contribution in [0.4, 0.5) is 0 Å². The van der Waals surface area contributed by atoms with Gasteiger partial charge < -0.3 is 14.6 Å². The average Bonchev–Trinajstić information content (AvgIpc) is 2.54. The quantitative estimate of drug-likeness (QED) is 0.928. The Hall–Kier alpha value is -2.18. The van der Waals surface area contributed by atoms with Crippen molar-refractivity contribution in [1.29, 1.82) is 0 Å². The van der Waals surface area contributed by atoms with Crippen molar-refractivity contribution in [2.45, 2.75) is 6.54 Å². The molecule has 1 aromatic heterocycles. The first-order valence-electron chi connectivity index (χ1n) is 7.18. The van der Waals surface area contributed by atoms with E-state index < -0.39 is 5.97 Å². The number of rotatable bonds is 4.